The topological polar surface area (TPSA) is 94.6 Å². The van der Waals surface area contributed by atoms with E-state index < -0.39 is 11.7 Å². The number of amides is 3. The van der Waals surface area contributed by atoms with Crippen LogP contribution in [0.1, 0.15) is 27.6 Å². The van der Waals surface area contributed by atoms with E-state index >= 15 is 0 Å². The zero-order valence-corrected chi connectivity index (χ0v) is 21.1. The van der Waals surface area contributed by atoms with E-state index in [1.165, 1.54) is 24.4 Å². The predicted molar refractivity (Wildman–Crippen MR) is 140 cm³/mol. The molecule has 1 aromatic heterocycles. The lowest BCUT2D eigenvalue weighted by atomic mass is 10.2. The minimum atomic E-state index is -0.610. The van der Waals surface area contributed by atoms with Crippen molar-refractivity contribution in [2.24, 2.45) is 0 Å². The van der Waals surface area contributed by atoms with E-state index in [2.05, 4.69) is 43.1 Å². The Morgan fingerprint density at radius 1 is 0.943 bits per heavy atom. The zero-order valence-electron chi connectivity index (χ0n) is 18.9. The molecule has 180 valence electrons. The molecule has 1 aliphatic rings. The maximum atomic E-state index is 13.9. The van der Waals surface area contributed by atoms with Gasteiger partial charge in [0, 0.05) is 48.6 Å². The molecule has 1 saturated heterocycles. The Kier molecular flexibility index (Phi) is 7.59. The average molecular weight is 587 g/mol. The number of hydrogen-bond acceptors (Lipinski definition) is 5. The third-order valence-electron chi connectivity index (χ3n) is 5.65. The fourth-order valence-electron chi connectivity index (χ4n) is 3.69. The second-order valence-corrected chi connectivity index (χ2v) is 9.14. The van der Waals surface area contributed by atoms with Crippen LogP contribution in [0.4, 0.5) is 21.6 Å². The number of hydrogen-bond donors (Lipinski definition) is 2. The molecule has 3 aromatic rings. The lowest BCUT2D eigenvalue weighted by Crippen LogP contribution is -2.48. The molecule has 10 heteroatoms. The lowest BCUT2D eigenvalue weighted by Gasteiger charge is -2.34. The first-order chi connectivity index (χ1) is 16.8. The van der Waals surface area contributed by atoms with Crippen molar-refractivity contribution in [3.8, 4) is 0 Å². The molecule has 8 nitrogen and oxygen atoms in total. The zero-order chi connectivity index (χ0) is 24.9. The highest BCUT2D eigenvalue weighted by atomic mass is 127. The van der Waals surface area contributed by atoms with Crippen molar-refractivity contribution >= 4 is 57.5 Å². The molecule has 35 heavy (non-hydrogen) atoms. The maximum Gasteiger partial charge on any atom is 0.258 e. The number of anilines is 3. The second kappa shape index (κ2) is 10.8. The molecule has 0 unspecified atom stereocenters. The molecule has 2 N–H and O–H groups in total. The molecule has 0 spiro atoms. The fourth-order valence-corrected chi connectivity index (χ4v) is 4.17. The van der Waals surface area contributed by atoms with Crippen LogP contribution in [0.2, 0.25) is 0 Å². The molecule has 0 atom stereocenters. The van der Waals surface area contributed by atoms with Crippen molar-refractivity contribution in [3.05, 3.63) is 81.3 Å². The highest BCUT2D eigenvalue weighted by Crippen LogP contribution is 2.24. The monoisotopic (exact) mass is 587 g/mol. The number of pyridine rings is 1. The predicted octanol–water partition coefficient (Wildman–Crippen LogP) is 4.00. The number of rotatable bonds is 5. The highest BCUT2D eigenvalue weighted by Gasteiger charge is 2.20. The molecular weight excluding hydrogens is 564 g/mol. The van der Waals surface area contributed by atoms with Gasteiger partial charge in [0.2, 0.25) is 5.91 Å². The van der Waals surface area contributed by atoms with Crippen molar-refractivity contribution in [2.75, 3.05) is 41.7 Å². The molecule has 0 bridgehead atoms. The third kappa shape index (κ3) is 5.94. The highest BCUT2D eigenvalue weighted by molar-refractivity contribution is 14.1. The van der Waals surface area contributed by atoms with Gasteiger partial charge in [0.1, 0.15) is 11.6 Å². The summed E-state index contributed by atoms with van der Waals surface area (Å²) in [6, 6.07) is 14.3. The van der Waals surface area contributed by atoms with Crippen molar-refractivity contribution in [1.82, 2.24) is 9.88 Å². The second-order valence-electron chi connectivity index (χ2n) is 7.98. The van der Waals surface area contributed by atoms with Crippen LogP contribution in [0.15, 0.2) is 60.8 Å². The number of halogens is 2. The Morgan fingerprint density at radius 3 is 2.34 bits per heavy atom. The van der Waals surface area contributed by atoms with Crippen molar-refractivity contribution in [1.29, 1.82) is 0 Å². The Hall–Kier alpha value is -3.54. The SMILES string of the molecule is CC(=O)N1CCN(c2ccc(C(=O)Nc3ccc(I)c(NC(=O)c4ccccc4F)c3)cn2)CC1. The van der Waals surface area contributed by atoms with Gasteiger partial charge in [-0.1, -0.05) is 12.1 Å². The van der Waals surface area contributed by atoms with E-state index in [0.29, 0.717) is 43.1 Å². The van der Waals surface area contributed by atoms with Crippen molar-refractivity contribution < 1.29 is 18.8 Å². The van der Waals surface area contributed by atoms with Gasteiger partial charge >= 0.3 is 0 Å². The molecule has 4 rings (SSSR count). The van der Waals surface area contributed by atoms with Gasteiger partial charge in [-0.3, -0.25) is 14.4 Å². The Labute approximate surface area is 215 Å². The summed E-state index contributed by atoms with van der Waals surface area (Å²) in [5.74, 6) is -0.722. The minimum Gasteiger partial charge on any atom is -0.353 e. The third-order valence-corrected chi connectivity index (χ3v) is 6.59. The average Bonchev–Trinajstić information content (AvgIpc) is 2.86. The summed E-state index contributed by atoms with van der Waals surface area (Å²) in [5, 5.41) is 5.50. The van der Waals surface area contributed by atoms with Gasteiger partial charge in [-0.15, -0.1) is 0 Å². The first kappa shape index (κ1) is 24.6. The van der Waals surface area contributed by atoms with Gasteiger partial charge in [0.15, 0.2) is 0 Å². The normalized spacial score (nSPS) is 13.3. The summed E-state index contributed by atoms with van der Waals surface area (Å²) in [7, 11) is 0. The molecule has 2 aromatic carbocycles. The first-order valence-corrected chi connectivity index (χ1v) is 12.0. The minimum absolute atomic E-state index is 0.0633. The number of nitrogens with zero attached hydrogens (tertiary/aromatic N) is 3. The number of piperazine rings is 1. The van der Waals surface area contributed by atoms with Crippen LogP contribution >= 0.6 is 22.6 Å². The van der Waals surface area contributed by atoms with E-state index in [1.807, 2.05) is 0 Å². The number of nitrogens with one attached hydrogen (secondary N) is 2. The molecule has 3 amide bonds. The summed E-state index contributed by atoms with van der Waals surface area (Å²) >= 11 is 2.06. The molecule has 1 fully saturated rings. The van der Waals surface area contributed by atoms with Crippen LogP contribution in [0.25, 0.3) is 0 Å². The summed E-state index contributed by atoms with van der Waals surface area (Å²) in [5.41, 5.74) is 1.25. The molecule has 0 radical (unpaired) electrons. The largest absolute Gasteiger partial charge is 0.353 e. The van der Waals surface area contributed by atoms with Gasteiger partial charge in [-0.2, -0.15) is 0 Å². The van der Waals surface area contributed by atoms with Gasteiger partial charge in [-0.05, 0) is 65.1 Å². The van der Waals surface area contributed by atoms with E-state index in [4.69, 9.17) is 0 Å². The number of benzene rings is 2. The quantitative estimate of drug-likeness (QED) is 0.441. The first-order valence-electron chi connectivity index (χ1n) is 10.9. The van der Waals surface area contributed by atoms with Crippen LogP contribution in [0.5, 0.6) is 0 Å². The van der Waals surface area contributed by atoms with Crippen LogP contribution in [0, 0.1) is 9.39 Å². The summed E-state index contributed by atoms with van der Waals surface area (Å²) < 4.78 is 14.7. The molecular formula is C25H23FIN5O3. The van der Waals surface area contributed by atoms with E-state index in [-0.39, 0.29) is 17.4 Å². The number of aromatic nitrogens is 1. The smallest absolute Gasteiger partial charge is 0.258 e. The summed E-state index contributed by atoms with van der Waals surface area (Å²) in [6.45, 7) is 4.21. The Morgan fingerprint density at radius 2 is 1.69 bits per heavy atom. The fraction of sp³-hybridized carbons (Fsp3) is 0.200. The van der Waals surface area contributed by atoms with Crippen molar-refractivity contribution in [3.63, 3.8) is 0 Å². The van der Waals surface area contributed by atoms with Crippen LogP contribution in [-0.2, 0) is 4.79 Å². The van der Waals surface area contributed by atoms with Crippen molar-refractivity contribution in [2.45, 2.75) is 6.92 Å². The van der Waals surface area contributed by atoms with Gasteiger partial charge < -0.3 is 20.4 Å². The van der Waals surface area contributed by atoms with Gasteiger partial charge in [-0.25, -0.2) is 9.37 Å². The van der Waals surface area contributed by atoms with E-state index in [0.717, 1.165) is 9.39 Å². The number of carbonyl (C=O) groups excluding carboxylic acids is 3. The van der Waals surface area contributed by atoms with Gasteiger partial charge in [0.25, 0.3) is 11.8 Å². The summed E-state index contributed by atoms with van der Waals surface area (Å²) in [6.07, 6.45) is 1.51. The molecule has 2 heterocycles. The van der Waals surface area contributed by atoms with Crippen LogP contribution < -0.4 is 15.5 Å². The molecule has 0 aliphatic carbocycles. The van der Waals surface area contributed by atoms with E-state index in [1.54, 1.807) is 48.2 Å². The summed E-state index contributed by atoms with van der Waals surface area (Å²) in [4.78, 5) is 45.0. The lowest BCUT2D eigenvalue weighted by molar-refractivity contribution is -0.129. The standard InChI is InChI=1S/C25H23FIN5O3/c1-16(33)31-10-12-32(13-11-31)23-9-6-17(15-28-23)24(34)29-18-7-8-21(27)22(14-18)30-25(35)19-4-2-3-5-20(19)26/h2-9,14-15H,10-13H2,1H3,(H,29,34)(H,30,35). The van der Waals surface area contributed by atoms with Crippen LogP contribution in [0.3, 0.4) is 0 Å². The number of carbonyl (C=O) groups is 3. The van der Waals surface area contributed by atoms with Gasteiger partial charge in [0.05, 0.1) is 16.8 Å². The van der Waals surface area contributed by atoms with Crippen LogP contribution in [-0.4, -0.2) is 53.8 Å². The van der Waals surface area contributed by atoms with E-state index in [9.17, 15) is 18.8 Å². The molecule has 0 saturated carbocycles. The molecule has 1 aliphatic heterocycles. The maximum absolute atomic E-state index is 13.9. The Balaban J connectivity index is 1.40. The Bertz CT molecular complexity index is 1260.